The molecule has 0 aliphatic carbocycles. The fraction of sp³-hybridized carbons (Fsp3) is 0.909. The smallest absolute Gasteiger partial charge is 0.322 e. The van der Waals surface area contributed by atoms with Gasteiger partial charge in [-0.1, -0.05) is 6.92 Å². The van der Waals surface area contributed by atoms with Crippen LogP contribution in [0.4, 0.5) is 0 Å². The van der Waals surface area contributed by atoms with Crippen molar-refractivity contribution in [2.24, 2.45) is 0 Å². The number of ether oxygens (including phenoxy) is 2. The zero-order valence-corrected chi connectivity index (χ0v) is 9.79. The summed E-state index contributed by atoms with van der Waals surface area (Å²) >= 11 is 0. The Labute approximate surface area is 91.3 Å². The van der Waals surface area contributed by atoms with E-state index in [1.807, 2.05) is 6.92 Å². The lowest BCUT2D eigenvalue weighted by atomic mass is 10.0. The van der Waals surface area contributed by atoms with Gasteiger partial charge in [0, 0.05) is 12.6 Å². The molecule has 4 nitrogen and oxygen atoms in total. The van der Waals surface area contributed by atoms with Crippen molar-refractivity contribution in [2.45, 2.75) is 51.3 Å². The van der Waals surface area contributed by atoms with Crippen LogP contribution in [0.2, 0.25) is 0 Å². The van der Waals surface area contributed by atoms with Crippen LogP contribution >= 0.6 is 0 Å². The van der Waals surface area contributed by atoms with E-state index in [1.165, 1.54) is 7.11 Å². The first kappa shape index (κ1) is 12.5. The van der Waals surface area contributed by atoms with Gasteiger partial charge in [-0.05, 0) is 26.2 Å². The number of methoxy groups -OCH3 is 1. The summed E-state index contributed by atoms with van der Waals surface area (Å²) in [5, 5.41) is 3.33. The van der Waals surface area contributed by atoms with Gasteiger partial charge >= 0.3 is 5.97 Å². The maximum atomic E-state index is 11.4. The molecule has 0 aromatic carbocycles. The summed E-state index contributed by atoms with van der Waals surface area (Å²) in [6, 6.07) is 0.197. The molecule has 88 valence electrons. The number of hydrogen-bond donors (Lipinski definition) is 1. The van der Waals surface area contributed by atoms with Crippen molar-refractivity contribution >= 4 is 5.97 Å². The van der Waals surface area contributed by atoms with Crippen molar-refractivity contribution in [1.82, 2.24) is 5.32 Å². The van der Waals surface area contributed by atoms with Crippen LogP contribution in [0.1, 0.15) is 33.1 Å². The summed E-state index contributed by atoms with van der Waals surface area (Å²) in [6.07, 6.45) is 2.98. The minimum absolute atomic E-state index is 0.170. The van der Waals surface area contributed by atoms with Gasteiger partial charge in [0.2, 0.25) is 0 Å². The van der Waals surface area contributed by atoms with Crippen LogP contribution in [0.25, 0.3) is 0 Å². The van der Waals surface area contributed by atoms with E-state index in [-0.39, 0.29) is 18.1 Å². The summed E-state index contributed by atoms with van der Waals surface area (Å²) in [5.41, 5.74) is 0. The van der Waals surface area contributed by atoms with Crippen LogP contribution in [-0.2, 0) is 14.3 Å². The van der Waals surface area contributed by atoms with Gasteiger partial charge in [0.15, 0.2) is 0 Å². The second kappa shape index (κ2) is 6.08. The molecular weight excluding hydrogens is 194 g/mol. The zero-order valence-electron chi connectivity index (χ0n) is 9.79. The Hall–Kier alpha value is -0.610. The van der Waals surface area contributed by atoms with E-state index in [0.717, 1.165) is 25.9 Å². The van der Waals surface area contributed by atoms with Gasteiger partial charge in [-0.3, -0.25) is 4.79 Å². The molecule has 3 atom stereocenters. The Balaban J connectivity index is 2.40. The van der Waals surface area contributed by atoms with E-state index in [2.05, 4.69) is 12.2 Å². The Morgan fingerprint density at radius 2 is 2.40 bits per heavy atom. The lowest BCUT2D eigenvalue weighted by Gasteiger charge is -2.30. The highest BCUT2D eigenvalue weighted by molar-refractivity contribution is 5.75. The average Bonchev–Trinajstić information content (AvgIpc) is 2.25. The second-order valence-corrected chi connectivity index (χ2v) is 4.05. The number of hydrogen-bond acceptors (Lipinski definition) is 4. The van der Waals surface area contributed by atoms with E-state index >= 15 is 0 Å². The molecular formula is C11H21NO3. The summed E-state index contributed by atoms with van der Waals surface area (Å²) in [4.78, 5) is 11.4. The van der Waals surface area contributed by atoms with Gasteiger partial charge in [0.05, 0.1) is 13.2 Å². The normalized spacial score (nSPS) is 28.5. The Morgan fingerprint density at radius 1 is 1.67 bits per heavy atom. The molecule has 4 heteroatoms. The number of rotatable bonds is 4. The quantitative estimate of drug-likeness (QED) is 0.713. The lowest BCUT2D eigenvalue weighted by Crippen LogP contribution is -2.47. The van der Waals surface area contributed by atoms with Crippen molar-refractivity contribution in [3.8, 4) is 0 Å². The molecule has 1 rings (SSSR count). The predicted octanol–water partition coefficient (Wildman–Crippen LogP) is 1.10. The highest BCUT2D eigenvalue weighted by Gasteiger charge is 2.24. The van der Waals surface area contributed by atoms with E-state index in [0.29, 0.717) is 6.04 Å². The molecule has 0 spiro atoms. The fourth-order valence-electron chi connectivity index (χ4n) is 1.93. The minimum Gasteiger partial charge on any atom is -0.468 e. The maximum Gasteiger partial charge on any atom is 0.322 e. The van der Waals surface area contributed by atoms with Crippen molar-refractivity contribution in [2.75, 3.05) is 13.7 Å². The molecule has 0 bridgehead atoms. The van der Waals surface area contributed by atoms with Gasteiger partial charge in [-0.2, -0.15) is 0 Å². The molecule has 1 saturated heterocycles. The SMILES string of the molecule is CCC(NC1CCOC(C)C1)C(=O)OC. The molecule has 1 aliphatic heterocycles. The summed E-state index contributed by atoms with van der Waals surface area (Å²) < 4.78 is 10.2. The van der Waals surface area contributed by atoms with Gasteiger partial charge in [0.1, 0.15) is 6.04 Å². The van der Waals surface area contributed by atoms with E-state index in [4.69, 9.17) is 9.47 Å². The highest BCUT2D eigenvalue weighted by Crippen LogP contribution is 2.14. The standard InChI is InChI=1S/C11H21NO3/c1-4-10(11(13)14-3)12-9-5-6-15-8(2)7-9/h8-10,12H,4-7H2,1-3H3. The lowest BCUT2D eigenvalue weighted by molar-refractivity contribution is -0.143. The van der Waals surface area contributed by atoms with E-state index in [1.54, 1.807) is 0 Å². The molecule has 0 aromatic heterocycles. The fourth-order valence-corrected chi connectivity index (χ4v) is 1.93. The van der Waals surface area contributed by atoms with Crippen molar-refractivity contribution in [3.63, 3.8) is 0 Å². The molecule has 0 amide bonds. The van der Waals surface area contributed by atoms with Gasteiger partial charge < -0.3 is 14.8 Å². The van der Waals surface area contributed by atoms with Crippen LogP contribution in [0, 0.1) is 0 Å². The van der Waals surface area contributed by atoms with Gasteiger partial charge in [-0.15, -0.1) is 0 Å². The van der Waals surface area contributed by atoms with Crippen LogP contribution < -0.4 is 5.32 Å². The summed E-state index contributed by atoms with van der Waals surface area (Å²) in [5.74, 6) is -0.170. The largest absolute Gasteiger partial charge is 0.468 e. The first-order valence-corrected chi connectivity index (χ1v) is 5.62. The number of carbonyl (C=O) groups excluding carboxylic acids is 1. The van der Waals surface area contributed by atoms with Crippen LogP contribution in [0.5, 0.6) is 0 Å². The third-order valence-corrected chi connectivity index (χ3v) is 2.82. The Kier molecular flexibility index (Phi) is 5.05. The van der Waals surface area contributed by atoms with Crippen LogP contribution in [0.3, 0.4) is 0 Å². The number of carbonyl (C=O) groups is 1. The first-order valence-electron chi connectivity index (χ1n) is 5.62. The van der Waals surface area contributed by atoms with Crippen LogP contribution in [-0.4, -0.2) is 37.9 Å². The Bertz CT molecular complexity index is 208. The van der Waals surface area contributed by atoms with Crippen molar-refractivity contribution in [3.05, 3.63) is 0 Å². The minimum atomic E-state index is -0.176. The predicted molar refractivity (Wildman–Crippen MR) is 57.7 cm³/mol. The average molecular weight is 215 g/mol. The monoisotopic (exact) mass is 215 g/mol. The van der Waals surface area contributed by atoms with Gasteiger partial charge in [-0.25, -0.2) is 0 Å². The molecule has 0 radical (unpaired) electrons. The highest BCUT2D eigenvalue weighted by atomic mass is 16.5. The molecule has 1 fully saturated rings. The molecule has 1 N–H and O–H groups in total. The maximum absolute atomic E-state index is 11.4. The molecule has 0 aromatic rings. The molecule has 1 aliphatic rings. The van der Waals surface area contributed by atoms with E-state index < -0.39 is 0 Å². The third kappa shape index (κ3) is 3.80. The van der Waals surface area contributed by atoms with Crippen molar-refractivity contribution in [1.29, 1.82) is 0 Å². The first-order chi connectivity index (χ1) is 7.17. The Morgan fingerprint density at radius 3 is 2.93 bits per heavy atom. The molecule has 0 saturated carbocycles. The number of nitrogens with one attached hydrogen (secondary N) is 1. The van der Waals surface area contributed by atoms with Crippen LogP contribution in [0.15, 0.2) is 0 Å². The van der Waals surface area contributed by atoms with Crippen molar-refractivity contribution < 1.29 is 14.3 Å². The third-order valence-electron chi connectivity index (χ3n) is 2.82. The summed E-state index contributed by atoms with van der Waals surface area (Å²) in [6.45, 7) is 4.82. The zero-order chi connectivity index (χ0) is 11.3. The number of esters is 1. The second-order valence-electron chi connectivity index (χ2n) is 4.05. The summed E-state index contributed by atoms with van der Waals surface area (Å²) in [7, 11) is 1.43. The molecule has 15 heavy (non-hydrogen) atoms. The van der Waals surface area contributed by atoms with E-state index in [9.17, 15) is 4.79 Å². The topological polar surface area (TPSA) is 47.6 Å². The molecule has 1 heterocycles. The van der Waals surface area contributed by atoms with Gasteiger partial charge in [0.25, 0.3) is 0 Å². The molecule has 3 unspecified atom stereocenters.